The van der Waals surface area contributed by atoms with Crippen LogP contribution in [0, 0.1) is 10.5 Å². The number of aromatic nitrogens is 2. The lowest BCUT2D eigenvalue weighted by atomic mass is 10.0. The van der Waals surface area contributed by atoms with Crippen LogP contribution < -0.4 is 0 Å². The summed E-state index contributed by atoms with van der Waals surface area (Å²) in [5, 5.41) is 14.5. The molecule has 1 unspecified atom stereocenters. The van der Waals surface area contributed by atoms with Gasteiger partial charge in [-0.25, -0.2) is 0 Å². The van der Waals surface area contributed by atoms with Gasteiger partial charge in [0.15, 0.2) is 0 Å². The van der Waals surface area contributed by atoms with E-state index in [1.54, 1.807) is 0 Å². The fourth-order valence-corrected chi connectivity index (χ4v) is 2.66. The van der Waals surface area contributed by atoms with Crippen LogP contribution in [0.25, 0.3) is 0 Å². The maximum absolute atomic E-state index is 10.2. The lowest BCUT2D eigenvalue weighted by Crippen LogP contribution is -2.07. The predicted octanol–water partition coefficient (Wildman–Crippen LogP) is 2.61. The molecule has 17 heavy (non-hydrogen) atoms. The topological polar surface area (TPSA) is 38.0 Å². The summed E-state index contributed by atoms with van der Waals surface area (Å²) < 4.78 is 2.92. The Hall–Kier alpha value is -0.880. The number of benzene rings is 1. The van der Waals surface area contributed by atoms with E-state index in [2.05, 4.69) is 27.7 Å². The quantitative estimate of drug-likeness (QED) is 0.871. The second-order valence-corrected chi connectivity index (χ2v) is 5.30. The highest BCUT2D eigenvalue weighted by atomic mass is 127. The van der Waals surface area contributed by atoms with Crippen molar-refractivity contribution in [2.45, 2.75) is 19.4 Å². The molecule has 2 aromatic rings. The van der Waals surface area contributed by atoms with Gasteiger partial charge in [0.05, 0.1) is 11.8 Å². The molecular formula is C13H15IN2O. The highest BCUT2D eigenvalue weighted by Gasteiger charge is 2.13. The number of rotatable bonds is 3. The van der Waals surface area contributed by atoms with Gasteiger partial charge in [-0.05, 0) is 47.2 Å². The summed E-state index contributed by atoms with van der Waals surface area (Å²) >= 11 is 2.25. The van der Waals surface area contributed by atoms with Gasteiger partial charge in [-0.15, -0.1) is 0 Å². The van der Waals surface area contributed by atoms with Crippen LogP contribution in [0.15, 0.2) is 30.3 Å². The first-order valence-corrected chi connectivity index (χ1v) is 6.58. The minimum absolute atomic E-state index is 0.474. The first-order chi connectivity index (χ1) is 8.08. The lowest BCUT2D eigenvalue weighted by molar-refractivity contribution is 0.175. The smallest absolute Gasteiger partial charge is 0.0855 e. The van der Waals surface area contributed by atoms with E-state index in [4.69, 9.17) is 0 Å². The summed E-state index contributed by atoms with van der Waals surface area (Å²) in [5.74, 6) is 0. The maximum atomic E-state index is 10.2. The van der Waals surface area contributed by atoms with Gasteiger partial charge in [0.1, 0.15) is 0 Å². The van der Waals surface area contributed by atoms with Crippen molar-refractivity contribution in [1.82, 2.24) is 9.78 Å². The summed E-state index contributed by atoms with van der Waals surface area (Å²) in [5.41, 5.74) is 3.01. The Bertz CT molecular complexity index is 522. The second-order valence-electron chi connectivity index (χ2n) is 4.14. The van der Waals surface area contributed by atoms with Crippen LogP contribution in [0.1, 0.15) is 23.1 Å². The van der Waals surface area contributed by atoms with Crippen molar-refractivity contribution in [1.29, 1.82) is 0 Å². The van der Waals surface area contributed by atoms with Crippen LogP contribution in [0.4, 0.5) is 0 Å². The average molecular weight is 342 g/mol. The Balaban J connectivity index is 2.20. The molecule has 0 radical (unpaired) electrons. The van der Waals surface area contributed by atoms with Crippen LogP contribution in [0.3, 0.4) is 0 Å². The number of aliphatic hydroxyl groups excluding tert-OH is 1. The van der Waals surface area contributed by atoms with Crippen LogP contribution in [-0.4, -0.2) is 14.9 Å². The molecule has 1 atom stereocenters. The third-order valence-corrected chi connectivity index (χ3v) is 3.75. The van der Waals surface area contributed by atoms with E-state index < -0.39 is 6.10 Å². The molecule has 0 spiro atoms. The fourth-order valence-electron chi connectivity index (χ4n) is 1.91. The highest BCUT2D eigenvalue weighted by Crippen LogP contribution is 2.23. The SMILES string of the molecule is Cc1cc(CC(O)c2ccccc2I)n(C)n1. The van der Waals surface area contributed by atoms with E-state index in [-0.39, 0.29) is 0 Å². The zero-order chi connectivity index (χ0) is 12.4. The minimum atomic E-state index is -0.474. The van der Waals surface area contributed by atoms with Gasteiger partial charge in [-0.2, -0.15) is 5.10 Å². The molecule has 1 aromatic carbocycles. The zero-order valence-electron chi connectivity index (χ0n) is 9.89. The number of hydrogen-bond acceptors (Lipinski definition) is 2. The van der Waals surface area contributed by atoms with Crippen molar-refractivity contribution >= 4 is 22.6 Å². The van der Waals surface area contributed by atoms with Crippen molar-refractivity contribution in [2.24, 2.45) is 7.05 Å². The van der Waals surface area contributed by atoms with Gasteiger partial charge in [0.25, 0.3) is 0 Å². The predicted molar refractivity (Wildman–Crippen MR) is 75.8 cm³/mol. The van der Waals surface area contributed by atoms with E-state index in [1.807, 2.05) is 49.0 Å². The molecule has 0 aliphatic carbocycles. The molecule has 0 saturated carbocycles. The largest absolute Gasteiger partial charge is 0.388 e. The molecule has 0 bridgehead atoms. The van der Waals surface area contributed by atoms with Crippen molar-refractivity contribution in [3.05, 3.63) is 50.9 Å². The second kappa shape index (κ2) is 5.18. The fraction of sp³-hybridized carbons (Fsp3) is 0.308. The van der Waals surface area contributed by atoms with Crippen LogP contribution in [-0.2, 0) is 13.5 Å². The molecule has 0 aliphatic heterocycles. The van der Waals surface area contributed by atoms with Crippen LogP contribution in [0.5, 0.6) is 0 Å². The molecule has 0 fully saturated rings. The summed E-state index contributed by atoms with van der Waals surface area (Å²) in [7, 11) is 1.91. The Morgan fingerprint density at radius 3 is 2.71 bits per heavy atom. The van der Waals surface area contributed by atoms with Crippen molar-refractivity contribution in [3.8, 4) is 0 Å². The summed E-state index contributed by atoms with van der Waals surface area (Å²) in [6.07, 6.45) is 0.120. The van der Waals surface area contributed by atoms with Gasteiger partial charge in [-0.1, -0.05) is 18.2 Å². The average Bonchev–Trinajstić information content (AvgIpc) is 2.58. The van der Waals surface area contributed by atoms with Gasteiger partial charge in [0.2, 0.25) is 0 Å². The lowest BCUT2D eigenvalue weighted by Gasteiger charge is -2.12. The van der Waals surface area contributed by atoms with Crippen LogP contribution >= 0.6 is 22.6 Å². The van der Waals surface area contributed by atoms with Gasteiger partial charge >= 0.3 is 0 Å². The normalized spacial score (nSPS) is 12.7. The first kappa shape index (κ1) is 12.6. The molecule has 1 N–H and O–H groups in total. The first-order valence-electron chi connectivity index (χ1n) is 5.50. The Labute approximate surface area is 115 Å². The van der Waals surface area contributed by atoms with Gasteiger partial charge in [0, 0.05) is 22.7 Å². The van der Waals surface area contributed by atoms with Crippen LogP contribution in [0.2, 0.25) is 0 Å². The molecule has 90 valence electrons. The van der Waals surface area contributed by atoms with Crippen molar-refractivity contribution in [3.63, 3.8) is 0 Å². The molecule has 3 nitrogen and oxygen atoms in total. The Kier molecular flexibility index (Phi) is 3.83. The van der Waals surface area contributed by atoms with E-state index in [1.165, 1.54) is 0 Å². The molecule has 4 heteroatoms. The third-order valence-electron chi connectivity index (χ3n) is 2.77. The number of aliphatic hydroxyl groups is 1. The van der Waals surface area contributed by atoms with Gasteiger partial charge < -0.3 is 5.11 Å². The van der Waals surface area contributed by atoms with Crippen molar-refractivity contribution in [2.75, 3.05) is 0 Å². The summed E-state index contributed by atoms with van der Waals surface area (Å²) in [6.45, 7) is 1.96. The molecule has 0 amide bonds. The van der Waals surface area contributed by atoms with E-state index in [0.717, 1.165) is 20.5 Å². The monoisotopic (exact) mass is 342 g/mol. The molecule has 1 aromatic heterocycles. The van der Waals surface area contributed by atoms with Gasteiger partial charge in [-0.3, -0.25) is 4.68 Å². The Morgan fingerprint density at radius 2 is 2.12 bits per heavy atom. The zero-order valence-corrected chi connectivity index (χ0v) is 12.0. The minimum Gasteiger partial charge on any atom is -0.388 e. The molecule has 0 saturated heterocycles. The molecule has 2 rings (SSSR count). The standard InChI is InChI=1S/C13H15IN2O/c1-9-7-10(16(2)15-9)8-13(17)11-5-3-4-6-12(11)14/h3-7,13,17H,8H2,1-2H3. The van der Waals surface area contributed by atoms with Crippen molar-refractivity contribution < 1.29 is 5.11 Å². The van der Waals surface area contributed by atoms with E-state index >= 15 is 0 Å². The molecule has 0 aliphatic rings. The summed E-state index contributed by atoms with van der Waals surface area (Å²) in [4.78, 5) is 0. The number of hydrogen-bond donors (Lipinski definition) is 1. The number of aryl methyl sites for hydroxylation is 2. The number of halogens is 1. The van der Waals surface area contributed by atoms with E-state index in [0.29, 0.717) is 6.42 Å². The molecular weight excluding hydrogens is 327 g/mol. The third kappa shape index (κ3) is 2.87. The number of nitrogens with zero attached hydrogens (tertiary/aromatic N) is 2. The van der Waals surface area contributed by atoms with E-state index in [9.17, 15) is 5.11 Å². The highest BCUT2D eigenvalue weighted by molar-refractivity contribution is 14.1. The molecule has 1 heterocycles. The maximum Gasteiger partial charge on any atom is 0.0855 e. The Morgan fingerprint density at radius 1 is 1.41 bits per heavy atom. The summed E-state index contributed by atoms with van der Waals surface area (Å²) in [6, 6.07) is 9.92.